The van der Waals surface area contributed by atoms with Gasteiger partial charge in [0.15, 0.2) is 12.2 Å². The maximum Gasteiger partial charge on any atom is 0.472 e. The van der Waals surface area contributed by atoms with Crippen LogP contribution in [0.3, 0.4) is 0 Å². The highest BCUT2D eigenvalue weighted by Gasteiger charge is 2.30. The number of phosphoric ester groups is 2. The number of phosphoric acid groups is 2. The lowest BCUT2D eigenvalue weighted by Gasteiger charge is -2.21. The highest BCUT2D eigenvalue weighted by atomic mass is 31.2. The van der Waals surface area contributed by atoms with Gasteiger partial charge in [-0.1, -0.05) is 291 Å². The van der Waals surface area contributed by atoms with Crippen LogP contribution in [0.1, 0.15) is 342 Å². The van der Waals surface area contributed by atoms with Gasteiger partial charge in [0.05, 0.1) is 26.4 Å². The minimum absolute atomic E-state index is 0.107. The molecule has 0 aliphatic rings. The maximum atomic E-state index is 13.0. The van der Waals surface area contributed by atoms with Gasteiger partial charge in [0.1, 0.15) is 19.3 Å². The normalized spacial score (nSPS) is 14.1. The molecule has 85 heavy (non-hydrogen) atoms. The van der Waals surface area contributed by atoms with E-state index in [2.05, 4.69) is 27.7 Å². The first-order valence-corrected chi connectivity index (χ1v) is 37.8. The number of esters is 4. The van der Waals surface area contributed by atoms with Crippen LogP contribution in [0.2, 0.25) is 0 Å². The van der Waals surface area contributed by atoms with Crippen molar-refractivity contribution in [2.24, 2.45) is 0 Å². The first-order valence-electron chi connectivity index (χ1n) is 34.8. The minimum Gasteiger partial charge on any atom is -0.462 e. The van der Waals surface area contributed by atoms with Crippen molar-refractivity contribution < 1.29 is 80.2 Å². The molecule has 3 N–H and O–H groups in total. The molecule has 17 nitrogen and oxygen atoms in total. The molecule has 0 bridgehead atoms. The van der Waals surface area contributed by atoms with Crippen molar-refractivity contribution in [2.45, 2.75) is 361 Å². The van der Waals surface area contributed by atoms with Crippen molar-refractivity contribution in [1.82, 2.24) is 0 Å². The molecule has 0 aliphatic heterocycles. The van der Waals surface area contributed by atoms with Gasteiger partial charge in [-0.25, -0.2) is 9.13 Å². The molecule has 0 radical (unpaired) electrons. The van der Waals surface area contributed by atoms with Crippen LogP contribution in [0, 0.1) is 0 Å². The van der Waals surface area contributed by atoms with E-state index < -0.39 is 97.5 Å². The molecular formula is C66H128O17P2. The molecule has 0 aromatic heterocycles. The van der Waals surface area contributed by atoms with E-state index in [4.69, 9.17) is 37.0 Å². The fourth-order valence-corrected chi connectivity index (χ4v) is 11.6. The first kappa shape index (κ1) is 83.1. The molecule has 0 fully saturated rings. The summed E-state index contributed by atoms with van der Waals surface area (Å²) in [5.74, 6) is -2.13. The second kappa shape index (κ2) is 60.9. The first-order chi connectivity index (χ1) is 41.2. The second-order valence-electron chi connectivity index (χ2n) is 23.9. The molecule has 0 heterocycles. The van der Waals surface area contributed by atoms with Crippen LogP contribution in [0.5, 0.6) is 0 Å². The van der Waals surface area contributed by atoms with Gasteiger partial charge in [-0.2, -0.15) is 0 Å². The third-order valence-corrected chi connectivity index (χ3v) is 17.3. The quantitative estimate of drug-likeness (QED) is 0.0222. The minimum atomic E-state index is -4.94. The smallest absolute Gasteiger partial charge is 0.462 e. The molecule has 0 aromatic rings. The maximum absolute atomic E-state index is 13.0. The Bertz CT molecular complexity index is 1640. The van der Waals surface area contributed by atoms with Gasteiger partial charge < -0.3 is 33.8 Å². The van der Waals surface area contributed by atoms with Gasteiger partial charge in [-0.05, 0) is 25.7 Å². The van der Waals surface area contributed by atoms with Gasteiger partial charge >= 0.3 is 39.5 Å². The van der Waals surface area contributed by atoms with Crippen molar-refractivity contribution in [3.63, 3.8) is 0 Å². The molecule has 0 rings (SSSR count). The molecule has 2 unspecified atom stereocenters. The van der Waals surface area contributed by atoms with Crippen LogP contribution in [0.25, 0.3) is 0 Å². The third kappa shape index (κ3) is 60.7. The van der Waals surface area contributed by atoms with Crippen LogP contribution in [-0.4, -0.2) is 96.7 Å². The molecule has 0 saturated heterocycles. The molecular weight excluding hydrogens is 1130 g/mol. The summed E-state index contributed by atoms with van der Waals surface area (Å²) >= 11 is 0. The van der Waals surface area contributed by atoms with Gasteiger partial charge in [0.2, 0.25) is 0 Å². The zero-order chi connectivity index (χ0) is 62.6. The average molecular weight is 1260 g/mol. The van der Waals surface area contributed by atoms with E-state index in [9.17, 15) is 43.2 Å². The van der Waals surface area contributed by atoms with Gasteiger partial charge in [-0.3, -0.25) is 37.3 Å². The molecule has 504 valence electrons. The Labute approximate surface area is 517 Å². The Kier molecular flexibility index (Phi) is 59.6. The monoisotopic (exact) mass is 1250 g/mol. The van der Waals surface area contributed by atoms with Crippen LogP contribution in [0.15, 0.2) is 0 Å². The number of ether oxygens (including phenoxy) is 4. The van der Waals surface area contributed by atoms with Crippen LogP contribution >= 0.6 is 15.6 Å². The Morgan fingerprint density at radius 3 is 0.694 bits per heavy atom. The summed E-state index contributed by atoms with van der Waals surface area (Å²) in [7, 11) is -9.88. The third-order valence-electron chi connectivity index (χ3n) is 15.4. The van der Waals surface area contributed by atoms with E-state index in [1.165, 1.54) is 167 Å². The van der Waals surface area contributed by atoms with Crippen molar-refractivity contribution in [1.29, 1.82) is 0 Å². The lowest BCUT2D eigenvalue weighted by Crippen LogP contribution is -2.30. The molecule has 0 saturated carbocycles. The number of carbonyl (C=O) groups excluding carboxylic acids is 4. The second-order valence-corrected chi connectivity index (χ2v) is 26.8. The van der Waals surface area contributed by atoms with E-state index in [1.54, 1.807) is 0 Å². The highest BCUT2D eigenvalue weighted by Crippen LogP contribution is 2.45. The summed E-state index contributed by atoms with van der Waals surface area (Å²) in [6, 6.07) is 0. The molecule has 0 aromatic carbocycles. The predicted molar refractivity (Wildman–Crippen MR) is 340 cm³/mol. The van der Waals surface area contributed by atoms with Crippen LogP contribution in [-0.2, 0) is 65.4 Å². The van der Waals surface area contributed by atoms with E-state index in [0.29, 0.717) is 25.7 Å². The van der Waals surface area contributed by atoms with Crippen molar-refractivity contribution in [2.75, 3.05) is 39.6 Å². The predicted octanol–water partition coefficient (Wildman–Crippen LogP) is 18.7. The summed E-state index contributed by atoms with van der Waals surface area (Å²) in [6.07, 6.45) is 47.0. The van der Waals surface area contributed by atoms with Crippen molar-refractivity contribution in [3.05, 3.63) is 0 Å². The number of unbranched alkanes of at least 4 members (excludes halogenated alkanes) is 41. The Balaban J connectivity index is 5.22. The molecule has 0 spiro atoms. The molecule has 0 aliphatic carbocycles. The number of hydrogen-bond acceptors (Lipinski definition) is 15. The zero-order valence-corrected chi connectivity index (χ0v) is 56.4. The van der Waals surface area contributed by atoms with E-state index in [0.717, 1.165) is 96.3 Å². The zero-order valence-electron chi connectivity index (χ0n) is 54.6. The molecule has 19 heteroatoms. The Morgan fingerprint density at radius 2 is 0.471 bits per heavy atom. The number of carbonyl (C=O) groups is 4. The summed E-state index contributed by atoms with van der Waals surface area (Å²) in [5, 5.41) is 10.5. The van der Waals surface area contributed by atoms with E-state index in [-0.39, 0.29) is 25.7 Å². The summed E-state index contributed by atoms with van der Waals surface area (Å²) in [6.45, 7) is 4.89. The summed E-state index contributed by atoms with van der Waals surface area (Å²) < 4.78 is 68.1. The summed E-state index contributed by atoms with van der Waals surface area (Å²) in [4.78, 5) is 72.3. The largest absolute Gasteiger partial charge is 0.472 e. The highest BCUT2D eigenvalue weighted by molar-refractivity contribution is 7.47. The lowest BCUT2D eigenvalue weighted by atomic mass is 10.0. The standard InChI is InChI=1S/C66H128O17P2/c1-5-9-13-17-21-25-28-30-33-35-39-43-47-51-64(69)77-57-62(83-66(71)53-49-45-41-37-34-31-29-26-22-18-14-10-6-2)59-81-85(74,75)79-55-60(67)54-78-84(72,73)80-58-61(56-76-63(68)50-46-42-38-24-20-16-12-8-4)82-65(70)52-48-44-40-36-32-27-23-19-15-11-7-3/h60-62,67H,5-59H2,1-4H3,(H,72,73)(H,74,75)/t60-,61+,62+/m0/s1. The number of rotatable bonds is 67. The number of aliphatic hydroxyl groups excluding tert-OH is 1. The summed E-state index contributed by atoms with van der Waals surface area (Å²) in [5.41, 5.74) is 0. The SMILES string of the molecule is CCCCCCCCCCCCCCCC(=O)OC[C@H](COP(=O)(O)OC[C@@H](O)COP(=O)(O)OC[C@@H](COC(=O)CCCCCCCCCC)OC(=O)CCCCCCCCCCCCC)OC(=O)CCCCCCCCCCCCCCC. The number of hydrogen-bond donors (Lipinski definition) is 3. The van der Waals surface area contributed by atoms with Crippen molar-refractivity contribution in [3.8, 4) is 0 Å². The van der Waals surface area contributed by atoms with E-state index in [1.807, 2.05) is 0 Å². The fraction of sp³-hybridized carbons (Fsp3) is 0.939. The number of aliphatic hydroxyl groups is 1. The fourth-order valence-electron chi connectivity index (χ4n) is 9.99. The van der Waals surface area contributed by atoms with Crippen LogP contribution < -0.4 is 0 Å². The Morgan fingerprint density at radius 1 is 0.282 bits per heavy atom. The topological polar surface area (TPSA) is 237 Å². The van der Waals surface area contributed by atoms with E-state index >= 15 is 0 Å². The lowest BCUT2D eigenvalue weighted by molar-refractivity contribution is -0.161. The van der Waals surface area contributed by atoms with Gasteiger partial charge in [0, 0.05) is 25.7 Å². The average Bonchev–Trinajstić information content (AvgIpc) is 3.55. The van der Waals surface area contributed by atoms with Crippen LogP contribution in [0.4, 0.5) is 0 Å². The Hall–Kier alpha value is -1.94. The van der Waals surface area contributed by atoms with Gasteiger partial charge in [0.25, 0.3) is 0 Å². The van der Waals surface area contributed by atoms with Crippen molar-refractivity contribution >= 4 is 39.5 Å². The molecule has 5 atom stereocenters. The van der Waals surface area contributed by atoms with Gasteiger partial charge in [-0.15, -0.1) is 0 Å². The molecule has 0 amide bonds.